The minimum absolute atomic E-state index is 0.204. The monoisotopic (exact) mass is 324 g/mol. The number of hydrogen-bond donors (Lipinski definition) is 0. The molecule has 7 heteroatoms. The molecule has 1 atom stereocenters. The van der Waals surface area contributed by atoms with Crippen molar-refractivity contribution in [3.8, 4) is 11.5 Å². The molecule has 1 unspecified atom stereocenters. The van der Waals surface area contributed by atoms with E-state index in [0.717, 1.165) is 11.5 Å². The Morgan fingerprint density at radius 3 is 2.65 bits per heavy atom. The van der Waals surface area contributed by atoms with Crippen LogP contribution in [0.15, 0.2) is 30.4 Å². The molecule has 0 radical (unpaired) electrons. The molecular weight excluding hydrogens is 305 g/mol. The van der Waals surface area contributed by atoms with Gasteiger partial charge in [0.2, 0.25) is 6.79 Å². The molecule has 0 N–H and O–H groups in total. The third-order valence-electron chi connectivity index (χ3n) is 4.63. The fraction of sp³-hybridized carbons (Fsp3) is 0.500. The molecule has 0 amide bonds. The summed E-state index contributed by atoms with van der Waals surface area (Å²) in [5.41, 5.74) is -0.451. The van der Waals surface area contributed by atoms with Gasteiger partial charge in [-0.05, 0) is 57.3 Å². The smallest absolute Gasteiger partial charge is 0.454 e. The Balaban J connectivity index is 1.77. The van der Waals surface area contributed by atoms with Crippen molar-refractivity contribution in [3.05, 3.63) is 30.4 Å². The summed E-state index contributed by atoms with van der Waals surface area (Å²) in [6.45, 7) is 5.92. The summed E-state index contributed by atoms with van der Waals surface area (Å²) in [5, 5.41) is 0. The Hall–Kier alpha value is -1.60. The Morgan fingerprint density at radius 2 is 1.91 bits per heavy atom. The van der Waals surface area contributed by atoms with E-state index in [2.05, 4.69) is 0 Å². The van der Waals surface area contributed by atoms with Crippen LogP contribution in [0.25, 0.3) is 0 Å². The average Bonchev–Trinajstić information content (AvgIpc) is 3.01. The van der Waals surface area contributed by atoms with Gasteiger partial charge in [0, 0.05) is 0 Å². The van der Waals surface area contributed by atoms with Crippen LogP contribution in [0.4, 0.5) is 8.78 Å². The van der Waals surface area contributed by atoms with Crippen molar-refractivity contribution in [1.82, 2.24) is 0 Å². The van der Waals surface area contributed by atoms with Gasteiger partial charge in [-0.3, -0.25) is 0 Å². The molecule has 1 saturated heterocycles. The second-order valence-electron chi connectivity index (χ2n) is 6.45. The molecule has 0 spiro atoms. The lowest BCUT2D eigenvalue weighted by Crippen LogP contribution is -2.44. The fourth-order valence-corrected chi connectivity index (χ4v) is 2.81. The number of ether oxygens (including phenoxy) is 2. The quantitative estimate of drug-likeness (QED) is 0.797. The predicted molar refractivity (Wildman–Crippen MR) is 82.1 cm³/mol. The molecule has 1 fully saturated rings. The first-order valence-corrected chi connectivity index (χ1v) is 7.57. The van der Waals surface area contributed by atoms with Crippen LogP contribution in [0.5, 0.6) is 11.5 Å². The summed E-state index contributed by atoms with van der Waals surface area (Å²) < 4.78 is 47.3. The Bertz CT molecular complexity index is 631. The maximum Gasteiger partial charge on any atom is 0.494 e. The molecule has 2 heterocycles. The van der Waals surface area contributed by atoms with Gasteiger partial charge in [-0.15, -0.1) is 0 Å². The third kappa shape index (κ3) is 3.08. The molecule has 0 aliphatic carbocycles. The molecule has 2 aliphatic rings. The van der Waals surface area contributed by atoms with Gasteiger partial charge in [-0.1, -0.05) is 6.07 Å². The van der Waals surface area contributed by atoms with Crippen LogP contribution >= 0.6 is 0 Å². The van der Waals surface area contributed by atoms with Gasteiger partial charge in [0.05, 0.1) is 11.2 Å². The van der Waals surface area contributed by atoms with Crippen LogP contribution < -0.4 is 14.9 Å². The van der Waals surface area contributed by atoms with Crippen molar-refractivity contribution in [3.63, 3.8) is 0 Å². The zero-order valence-corrected chi connectivity index (χ0v) is 13.4. The maximum absolute atomic E-state index is 12.3. The molecule has 0 saturated carbocycles. The van der Waals surface area contributed by atoms with Crippen molar-refractivity contribution in [2.24, 2.45) is 0 Å². The van der Waals surface area contributed by atoms with Crippen LogP contribution in [-0.4, -0.2) is 25.1 Å². The van der Waals surface area contributed by atoms with Crippen LogP contribution in [0, 0.1) is 0 Å². The number of rotatable bonds is 4. The van der Waals surface area contributed by atoms with Gasteiger partial charge >= 0.3 is 7.12 Å². The highest BCUT2D eigenvalue weighted by atomic mass is 19.3. The van der Waals surface area contributed by atoms with Gasteiger partial charge in [-0.2, -0.15) is 8.78 Å². The van der Waals surface area contributed by atoms with Crippen LogP contribution in [0.3, 0.4) is 0 Å². The van der Waals surface area contributed by atoms with Crippen molar-refractivity contribution < 1.29 is 27.6 Å². The first-order chi connectivity index (χ1) is 10.8. The van der Waals surface area contributed by atoms with Crippen molar-refractivity contribution in [1.29, 1.82) is 0 Å². The minimum Gasteiger partial charge on any atom is -0.454 e. The topological polar surface area (TPSA) is 36.9 Å². The summed E-state index contributed by atoms with van der Waals surface area (Å²) in [7, 11) is -0.566. The molecule has 4 nitrogen and oxygen atoms in total. The highest BCUT2D eigenvalue weighted by Gasteiger charge is 2.54. The Morgan fingerprint density at radius 1 is 1.17 bits per heavy atom. The molecule has 3 rings (SSSR count). The third-order valence-corrected chi connectivity index (χ3v) is 4.63. The SMILES string of the molecule is CC1(C)OB(c2ccc3c(c2)OCO3)OC1(C)CCC=C(F)F. The van der Waals surface area contributed by atoms with E-state index < -0.39 is 24.4 Å². The molecule has 0 bridgehead atoms. The van der Waals surface area contributed by atoms with E-state index >= 15 is 0 Å². The fourth-order valence-electron chi connectivity index (χ4n) is 2.81. The molecular formula is C16H19BF2O4. The van der Waals surface area contributed by atoms with E-state index in [4.69, 9.17) is 18.8 Å². The lowest BCUT2D eigenvalue weighted by Gasteiger charge is -2.36. The van der Waals surface area contributed by atoms with Crippen molar-refractivity contribution in [2.45, 2.75) is 44.8 Å². The first-order valence-electron chi connectivity index (χ1n) is 7.57. The second kappa shape index (κ2) is 5.80. The number of fused-ring (bicyclic) bond motifs is 1. The number of allylic oxidation sites excluding steroid dienone is 1. The minimum atomic E-state index is -1.67. The molecule has 124 valence electrons. The van der Waals surface area contributed by atoms with E-state index in [0.29, 0.717) is 17.9 Å². The van der Waals surface area contributed by atoms with E-state index in [9.17, 15) is 8.78 Å². The van der Waals surface area contributed by atoms with Crippen LogP contribution in [-0.2, 0) is 9.31 Å². The maximum atomic E-state index is 12.3. The number of hydrogen-bond acceptors (Lipinski definition) is 4. The standard InChI is InChI=1S/C16H19BF2O4/c1-15(2)16(3,8-4-5-14(18)19)23-17(22-15)11-6-7-12-13(9-11)21-10-20-12/h5-7,9H,4,8,10H2,1-3H3. The normalized spacial score (nSPS) is 24.8. The molecule has 2 aliphatic heterocycles. The Kier molecular flexibility index (Phi) is 4.10. The van der Waals surface area contributed by atoms with Crippen molar-refractivity contribution in [2.75, 3.05) is 6.79 Å². The Labute approximate surface area is 134 Å². The van der Waals surface area contributed by atoms with E-state index in [1.807, 2.05) is 39.0 Å². The van der Waals surface area contributed by atoms with Crippen molar-refractivity contribution >= 4 is 12.6 Å². The van der Waals surface area contributed by atoms with Gasteiger partial charge in [0.25, 0.3) is 6.08 Å². The zero-order chi connectivity index (χ0) is 16.7. The van der Waals surface area contributed by atoms with Gasteiger partial charge in [0.1, 0.15) is 0 Å². The highest BCUT2D eigenvalue weighted by molar-refractivity contribution is 6.62. The molecule has 0 aromatic heterocycles. The van der Waals surface area contributed by atoms with Crippen LogP contribution in [0.1, 0.15) is 33.6 Å². The molecule has 1 aromatic carbocycles. The van der Waals surface area contributed by atoms with Crippen LogP contribution in [0.2, 0.25) is 0 Å². The van der Waals surface area contributed by atoms with E-state index in [1.54, 1.807) is 0 Å². The lowest BCUT2D eigenvalue weighted by atomic mass is 9.79. The van der Waals surface area contributed by atoms with Gasteiger partial charge in [0.15, 0.2) is 11.5 Å². The molecule has 1 aromatic rings. The predicted octanol–water partition coefficient (Wildman–Crippen LogP) is 3.26. The summed E-state index contributed by atoms with van der Waals surface area (Å²) in [4.78, 5) is 0. The summed E-state index contributed by atoms with van der Waals surface area (Å²) in [5.74, 6) is 1.35. The van der Waals surface area contributed by atoms with Gasteiger partial charge < -0.3 is 18.8 Å². The summed E-state index contributed by atoms with van der Waals surface area (Å²) >= 11 is 0. The lowest BCUT2D eigenvalue weighted by molar-refractivity contribution is -0.0149. The zero-order valence-electron chi connectivity index (χ0n) is 13.4. The van der Waals surface area contributed by atoms with E-state index in [1.165, 1.54) is 0 Å². The average molecular weight is 324 g/mol. The first kappa shape index (κ1) is 16.3. The number of halogens is 2. The summed E-state index contributed by atoms with van der Waals surface area (Å²) in [6, 6.07) is 5.51. The second-order valence-corrected chi connectivity index (χ2v) is 6.45. The molecule has 23 heavy (non-hydrogen) atoms. The highest BCUT2D eigenvalue weighted by Crippen LogP contribution is 2.41. The van der Waals surface area contributed by atoms with E-state index in [-0.39, 0.29) is 13.2 Å². The largest absolute Gasteiger partial charge is 0.494 e. The summed E-state index contributed by atoms with van der Waals surface area (Å²) in [6.07, 6.45) is -0.0751. The number of benzene rings is 1. The van der Waals surface area contributed by atoms with Gasteiger partial charge in [-0.25, -0.2) is 0 Å².